The molecule has 0 radical (unpaired) electrons. The SMILES string of the molecule is O=C(c1ccc(S(=O)(=O)Nc2ccccc2Oc2ccc(Cl)cc2Cl)cc1)N1CCN(CCc2ccccn2)CC1. The number of pyridine rings is 1. The fourth-order valence-corrected chi connectivity index (χ4v) is 5.99. The van der Waals surface area contributed by atoms with Crippen LogP contribution in [0.4, 0.5) is 5.69 Å². The maximum Gasteiger partial charge on any atom is 0.262 e. The molecule has 1 fully saturated rings. The molecule has 5 rings (SSSR count). The second-order valence-corrected chi connectivity index (χ2v) is 12.0. The van der Waals surface area contributed by atoms with Gasteiger partial charge in [0.1, 0.15) is 5.75 Å². The van der Waals surface area contributed by atoms with Crippen LogP contribution < -0.4 is 9.46 Å². The van der Waals surface area contributed by atoms with Crippen molar-refractivity contribution in [1.82, 2.24) is 14.8 Å². The monoisotopic (exact) mass is 610 g/mol. The molecule has 1 N–H and O–H groups in total. The summed E-state index contributed by atoms with van der Waals surface area (Å²) < 4.78 is 34.8. The number of ether oxygens (including phenoxy) is 1. The van der Waals surface area contributed by atoms with E-state index in [4.69, 9.17) is 27.9 Å². The van der Waals surface area contributed by atoms with Gasteiger partial charge in [0.15, 0.2) is 5.75 Å². The largest absolute Gasteiger partial charge is 0.454 e. The minimum absolute atomic E-state index is 0.0210. The summed E-state index contributed by atoms with van der Waals surface area (Å²) in [4.78, 5) is 21.6. The first kappa shape index (κ1) is 28.9. The summed E-state index contributed by atoms with van der Waals surface area (Å²) in [6.07, 6.45) is 2.66. The van der Waals surface area contributed by atoms with E-state index in [2.05, 4.69) is 14.6 Å². The van der Waals surface area contributed by atoms with Crippen LogP contribution in [0.1, 0.15) is 16.1 Å². The Bertz CT molecular complexity index is 1610. The Balaban J connectivity index is 1.20. The smallest absolute Gasteiger partial charge is 0.262 e. The molecule has 3 aromatic carbocycles. The van der Waals surface area contributed by atoms with Crippen LogP contribution in [0.5, 0.6) is 11.5 Å². The average molecular weight is 612 g/mol. The van der Waals surface area contributed by atoms with Crippen molar-refractivity contribution >= 4 is 44.8 Å². The lowest BCUT2D eigenvalue weighted by Crippen LogP contribution is -2.49. The Morgan fingerprint density at radius 1 is 0.878 bits per heavy atom. The third-order valence-corrected chi connectivity index (χ3v) is 8.64. The number of hydrogen-bond donors (Lipinski definition) is 1. The summed E-state index contributed by atoms with van der Waals surface area (Å²) in [5.41, 5.74) is 1.73. The number of sulfonamides is 1. The predicted molar refractivity (Wildman–Crippen MR) is 161 cm³/mol. The van der Waals surface area contributed by atoms with Crippen LogP contribution >= 0.6 is 23.2 Å². The highest BCUT2D eigenvalue weighted by molar-refractivity contribution is 7.92. The number of carbonyl (C=O) groups is 1. The van der Waals surface area contributed by atoms with Crippen molar-refractivity contribution in [2.75, 3.05) is 37.4 Å². The minimum atomic E-state index is -3.97. The molecule has 0 atom stereocenters. The number of piperazine rings is 1. The molecule has 1 aromatic heterocycles. The Hall–Kier alpha value is -3.63. The van der Waals surface area contributed by atoms with Crippen LogP contribution in [-0.2, 0) is 16.4 Å². The zero-order valence-electron chi connectivity index (χ0n) is 22.0. The highest BCUT2D eigenvalue weighted by Gasteiger charge is 2.23. The molecular formula is C30H28Cl2N4O4S. The molecule has 1 aliphatic heterocycles. The quantitative estimate of drug-likeness (QED) is 0.250. The molecule has 1 saturated heterocycles. The molecule has 0 saturated carbocycles. The Kier molecular flexibility index (Phi) is 9.09. The summed E-state index contributed by atoms with van der Waals surface area (Å²) >= 11 is 12.2. The van der Waals surface area contributed by atoms with Crippen LogP contribution in [0.25, 0.3) is 0 Å². The molecule has 0 unspecified atom stereocenters. The Labute approximate surface area is 249 Å². The van der Waals surface area contributed by atoms with Gasteiger partial charge in [-0.1, -0.05) is 41.4 Å². The number of aromatic nitrogens is 1. The van der Waals surface area contributed by atoms with E-state index in [-0.39, 0.29) is 22.2 Å². The average Bonchev–Trinajstić information content (AvgIpc) is 2.99. The maximum absolute atomic E-state index is 13.2. The molecule has 8 nitrogen and oxygen atoms in total. The number of nitrogens with one attached hydrogen (secondary N) is 1. The molecule has 0 bridgehead atoms. The van der Waals surface area contributed by atoms with Gasteiger partial charge in [0.05, 0.1) is 15.6 Å². The third kappa shape index (κ3) is 7.37. The van der Waals surface area contributed by atoms with Crippen LogP contribution in [0.15, 0.2) is 96.0 Å². The molecule has 2 heterocycles. The van der Waals surface area contributed by atoms with Gasteiger partial charge in [0.25, 0.3) is 15.9 Å². The van der Waals surface area contributed by atoms with E-state index in [1.807, 2.05) is 18.2 Å². The summed E-state index contributed by atoms with van der Waals surface area (Å²) in [6.45, 7) is 3.66. The summed E-state index contributed by atoms with van der Waals surface area (Å²) in [7, 11) is -3.97. The molecule has 11 heteroatoms. The van der Waals surface area contributed by atoms with E-state index in [1.165, 1.54) is 18.2 Å². The van der Waals surface area contributed by atoms with Crippen LogP contribution in [0, 0.1) is 0 Å². The van der Waals surface area contributed by atoms with Crippen LogP contribution in [-0.4, -0.2) is 61.8 Å². The zero-order chi connectivity index (χ0) is 28.8. The molecule has 0 aliphatic carbocycles. The standard InChI is InChI=1S/C30H28Cl2N4O4S/c31-23-10-13-28(26(32)21-23)40-29-7-2-1-6-27(29)34-41(38,39)25-11-8-22(9-12-25)30(37)36-19-17-35(18-20-36)16-14-24-5-3-4-15-33-24/h1-13,15,21,34H,14,16-20H2. The number of benzene rings is 3. The van der Waals surface area contributed by atoms with Gasteiger partial charge < -0.3 is 9.64 Å². The van der Waals surface area contributed by atoms with E-state index in [9.17, 15) is 13.2 Å². The second kappa shape index (κ2) is 12.9. The number of rotatable bonds is 9. The Morgan fingerprint density at radius 3 is 2.32 bits per heavy atom. The topological polar surface area (TPSA) is 91.8 Å². The molecule has 1 aliphatic rings. The fourth-order valence-electron chi connectivity index (χ4n) is 4.47. The van der Waals surface area contributed by atoms with Crippen molar-refractivity contribution in [2.24, 2.45) is 0 Å². The third-order valence-electron chi connectivity index (χ3n) is 6.73. The lowest BCUT2D eigenvalue weighted by molar-refractivity contribution is 0.0638. The van der Waals surface area contributed by atoms with E-state index >= 15 is 0 Å². The second-order valence-electron chi connectivity index (χ2n) is 9.51. The predicted octanol–water partition coefficient (Wildman–Crippen LogP) is 5.98. The van der Waals surface area contributed by atoms with Crippen molar-refractivity contribution in [3.8, 4) is 11.5 Å². The van der Waals surface area contributed by atoms with Gasteiger partial charge in [-0.2, -0.15) is 0 Å². The van der Waals surface area contributed by atoms with Gasteiger partial charge in [-0.05, 0) is 66.7 Å². The highest BCUT2D eigenvalue weighted by atomic mass is 35.5. The number of anilines is 1. The van der Waals surface area contributed by atoms with Gasteiger partial charge in [-0.15, -0.1) is 0 Å². The Morgan fingerprint density at radius 2 is 1.61 bits per heavy atom. The van der Waals surface area contributed by atoms with Crippen LogP contribution in [0.3, 0.4) is 0 Å². The van der Waals surface area contributed by atoms with Gasteiger partial charge >= 0.3 is 0 Å². The maximum atomic E-state index is 13.2. The van der Waals surface area contributed by atoms with E-state index in [0.29, 0.717) is 34.4 Å². The van der Waals surface area contributed by atoms with E-state index < -0.39 is 10.0 Å². The summed E-state index contributed by atoms with van der Waals surface area (Å²) in [6, 6.07) is 23.2. The van der Waals surface area contributed by atoms with Gasteiger partial charge in [-0.3, -0.25) is 19.4 Å². The lowest BCUT2D eigenvalue weighted by Gasteiger charge is -2.34. The first-order valence-corrected chi connectivity index (χ1v) is 15.3. The first-order valence-electron chi connectivity index (χ1n) is 13.0. The minimum Gasteiger partial charge on any atom is -0.454 e. The highest BCUT2D eigenvalue weighted by Crippen LogP contribution is 2.35. The fraction of sp³-hybridized carbons (Fsp3) is 0.200. The first-order chi connectivity index (χ1) is 19.8. The van der Waals surface area contributed by atoms with Crippen molar-refractivity contribution < 1.29 is 17.9 Å². The number of para-hydroxylation sites is 2. The molecule has 1 amide bonds. The van der Waals surface area contributed by atoms with Crippen molar-refractivity contribution in [1.29, 1.82) is 0 Å². The number of nitrogens with zero attached hydrogens (tertiary/aromatic N) is 3. The van der Waals surface area contributed by atoms with E-state index in [0.717, 1.165) is 31.7 Å². The number of carbonyl (C=O) groups excluding carboxylic acids is 1. The van der Waals surface area contributed by atoms with E-state index in [1.54, 1.807) is 59.6 Å². The van der Waals surface area contributed by atoms with Crippen molar-refractivity contribution in [3.63, 3.8) is 0 Å². The summed E-state index contributed by atoms with van der Waals surface area (Å²) in [5.74, 6) is 0.482. The molecule has 212 valence electrons. The molecule has 0 spiro atoms. The van der Waals surface area contributed by atoms with Crippen molar-refractivity contribution in [2.45, 2.75) is 11.3 Å². The van der Waals surface area contributed by atoms with Gasteiger partial charge in [-0.25, -0.2) is 8.42 Å². The lowest BCUT2D eigenvalue weighted by atomic mass is 10.1. The molecular weight excluding hydrogens is 583 g/mol. The summed E-state index contributed by atoms with van der Waals surface area (Å²) in [5, 5.41) is 0.749. The van der Waals surface area contributed by atoms with Crippen LogP contribution in [0.2, 0.25) is 10.0 Å². The molecule has 41 heavy (non-hydrogen) atoms. The number of halogens is 2. The van der Waals surface area contributed by atoms with Gasteiger partial charge in [0.2, 0.25) is 0 Å². The van der Waals surface area contributed by atoms with Gasteiger partial charge in [0, 0.05) is 61.6 Å². The number of hydrogen-bond acceptors (Lipinski definition) is 6. The zero-order valence-corrected chi connectivity index (χ0v) is 24.4. The number of amides is 1. The van der Waals surface area contributed by atoms with Crippen molar-refractivity contribution in [3.05, 3.63) is 112 Å². The molecule has 4 aromatic rings. The normalized spacial score (nSPS) is 14.0.